The van der Waals surface area contributed by atoms with E-state index in [1.54, 1.807) is 16.9 Å². The summed E-state index contributed by atoms with van der Waals surface area (Å²) in [6, 6.07) is 6.03. The Morgan fingerprint density at radius 2 is 1.94 bits per heavy atom. The number of rotatable bonds is 7. The van der Waals surface area contributed by atoms with Gasteiger partial charge >= 0.3 is 12.3 Å². The highest BCUT2D eigenvalue weighted by Crippen LogP contribution is 2.34. The lowest BCUT2D eigenvalue weighted by Crippen LogP contribution is -2.31. The van der Waals surface area contributed by atoms with Crippen molar-refractivity contribution in [2.75, 3.05) is 6.61 Å². The van der Waals surface area contributed by atoms with E-state index < -0.39 is 28.0 Å². The summed E-state index contributed by atoms with van der Waals surface area (Å²) in [4.78, 5) is 11.4. The fourth-order valence-corrected chi connectivity index (χ4v) is 3.88. The van der Waals surface area contributed by atoms with Gasteiger partial charge in [-0.2, -0.15) is 18.3 Å². The molecule has 32 heavy (non-hydrogen) atoms. The minimum Gasteiger partial charge on any atom is -0.449 e. The number of hydrogen-bond donors (Lipinski definition) is 1. The molecule has 0 bridgehead atoms. The van der Waals surface area contributed by atoms with Crippen LogP contribution in [0.15, 0.2) is 53.5 Å². The number of carbonyl (C=O) groups is 1. The maximum Gasteiger partial charge on any atom is 0.435 e. The minimum atomic E-state index is -4.63. The van der Waals surface area contributed by atoms with Crippen molar-refractivity contribution >= 4 is 21.8 Å². The number of nitrogens with zero attached hydrogens (tertiary/aromatic N) is 2. The van der Waals surface area contributed by atoms with Gasteiger partial charge in [0.15, 0.2) is 5.69 Å². The van der Waals surface area contributed by atoms with Crippen LogP contribution in [0.4, 0.5) is 18.0 Å². The molecule has 1 aliphatic rings. The van der Waals surface area contributed by atoms with E-state index >= 15 is 0 Å². The lowest BCUT2D eigenvalue weighted by Gasteiger charge is -2.12. The molecule has 7 nitrogen and oxygen atoms in total. The molecule has 11 heteroatoms. The van der Waals surface area contributed by atoms with Gasteiger partial charge in [0.1, 0.15) is 0 Å². The molecule has 0 saturated heterocycles. The summed E-state index contributed by atoms with van der Waals surface area (Å²) < 4.78 is 72.4. The van der Waals surface area contributed by atoms with Gasteiger partial charge in [0.05, 0.1) is 22.9 Å². The quantitative estimate of drug-likeness (QED) is 0.578. The largest absolute Gasteiger partial charge is 0.449 e. The van der Waals surface area contributed by atoms with Crippen molar-refractivity contribution in [2.24, 2.45) is 0 Å². The molecule has 0 atom stereocenters. The maximum absolute atomic E-state index is 13.3. The van der Waals surface area contributed by atoms with Crippen LogP contribution >= 0.6 is 0 Å². The molecule has 0 radical (unpaired) electrons. The molecule has 1 aromatic heterocycles. The number of carbonyl (C=O) groups excluding carboxylic acids is 1. The first-order valence-electron chi connectivity index (χ1n) is 9.96. The SMILES string of the molecule is CCCCOC(=O)NS(=O)(=O)c1ccc(-c2cc(C(F)(F)F)nn2C2=CCCC=C2)cc1. The molecule has 0 unspecified atom stereocenters. The highest BCUT2D eigenvalue weighted by Gasteiger charge is 2.35. The number of sulfonamides is 1. The third-order valence-electron chi connectivity index (χ3n) is 4.63. The second-order valence-corrected chi connectivity index (χ2v) is 8.73. The molecule has 1 aromatic carbocycles. The third-order valence-corrected chi connectivity index (χ3v) is 5.96. The van der Waals surface area contributed by atoms with Crippen LogP contribution in [0.25, 0.3) is 17.0 Å². The fraction of sp³-hybridized carbons (Fsp3) is 0.333. The van der Waals surface area contributed by atoms with E-state index in [0.29, 0.717) is 24.1 Å². The first-order valence-corrected chi connectivity index (χ1v) is 11.4. The number of hydrogen-bond acceptors (Lipinski definition) is 5. The molecular weight excluding hydrogens is 447 g/mol. The predicted octanol–water partition coefficient (Wildman–Crippen LogP) is 4.97. The monoisotopic (exact) mass is 469 g/mol. The third kappa shape index (κ3) is 5.58. The van der Waals surface area contributed by atoms with E-state index in [1.807, 2.05) is 13.0 Å². The van der Waals surface area contributed by atoms with E-state index in [4.69, 9.17) is 4.74 Å². The van der Waals surface area contributed by atoms with E-state index in [0.717, 1.165) is 18.9 Å². The molecule has 0 fully saturated rings. The molecule has 0 aliphatic heterocycles. The molecule has 0 saturated carbocycles. The van der Waals surface area contributed by atoms with Crippen molar-refractivity contribution in [2.45, 2.75) is 43.7 Å². The first-order chi connectivity index (χ1) is 15.1. The summed E-state index contributed by atoms with van der Waals surface area (Å²) in [5.41, 5.74) is -0.0705. The number of benzene rings is 1. The van der Waals surface area contributed by atoms with E-state index in [2.05, 4.69) is 5.10 Å². The number of halogens is 3. The Morgan fingerprint density at radius 3 is 2.53 bits per heavy atom. The summed E-state index contributed by atoms with van der Waals surface area (Å²) in [7, 11) is -4.19. The van der Waals surface area contributed by atoms with Gasteiger partial charge in [0.2, 0.25) is 0 Å². The Balaban J connectivity index is 1.88. The van der Waals surface area contributed by atoms with Crippen LogP contribution < -0.4 is 4.72 Å². The van der Waals surface area contributed by atoms with Crippen LogP contribution in [0.2, 0.25) is 0 Å². The van der Waals surface area contributed by atoms with Crippen LogP contribution in [-0.4, -0.2) is 30.9 Å². The minimum absolute atomic E-state index is 0.0899. The molecule has 1 amide bonds. The lowest BCUT2D eigenvalue weighted by molar-refractivity contribution is -0.141. The van der Waals surface area contributed by atoms with Gasteiger partial charge in [-0.15, -0.1) is 0 Å². The molecule has 1 N–H and O–H groups in total. The van der Waals surface area contributed by atoms with Crippen molar-refractivity contribution in [1.29, 1.82) is 0 Å². The summed E-state index contributed by atoms with van der Waals surface area (Å²) in [6.07, 6.45) is 2.42. The normalized spacial score (nSPS) is 14.2. The molecule has 3 rings (SSSR count). The maximum atomic E-state index is 13.3. The summed E-state index contributed by atoms with van der Waals surface area (Å²) in [6.45, 7) is 1.98. The highest BCUT2D eigenvalue weighted by molar-refractivity contribution is 7.90. The van der Waals surface area contributed by atoms with Crippen LogP contribution in [0.1, 0.15) is 38.3 Å². The van der Waals surface area contributed by atoms with Gasteiger partial charge in [-0.1, -0.05) is 37.6 Å². The first kappa shape index (κ1) is 23.6. The molecule has 172 valence electrons. The average Bonchev–Trinajstić information content (AvgIpc) is 3.20. The van der Waals surface area contributed by atoms with Gasteiger partial charge in [0, 0.05) is 5.56 Å². The topological polar surface area (TPSA) is 90.3 Å². The van der Waals surface area contributed by atoms with Crippen LogP contribution in [0.3, 0.4) is 0 Å². The molecular formula is C21H22F3N3O4S. The number of aromatic nitrogens is 2. The number of allylic oxidation sites excluding steroid dienone is 4. The highest BCUT2D eigenvalue weighted by atomic mass is 32.2. The molecule has 0 spiro atoms. The fourth-order valence-electron chi connectivity index (χ4n) is 2.99. The zero-order chi connectivity index (χ0) is 23.4. The Hall–Kier alpha value is -3.08. The van der Waals surface area contributed by atoms with Gasteiger partial charge in [-0.05, 0) is 43.5 Å². The van der Waals surface area contributed by atoms with E-state index in [1.165, 1.54) is 28.9 Å². The second kappa shape index (κ2) is 9.60. The molecule has 2 aromatic rings. The summed E-state index contributed by atoms with van der Waals surface area (Å²) in [5, 5.41) is 3.71. The van der Waals surface area contributed by atoms with E-state index in [-0.39, 0.29) is 17.2 Å². The summed E-state index contributed by atoms with van der Waals surface area (Å²) >= 11 is 0. The Morgan fingerprint density at radius 1 is 1.22 bits per heavy atom. The van der Waals surface area contributed by atoms with Crippen LogP contribution in [0, 0.1) is 0 Å². The van der Waals surface area contributed by atoms with Gasteiger partial charge in [-0.25, -0.2) is 22.6 Å². The number of ether oxygens (including phenoxy) is 1. The average molecular weight is 469 g/mol. The second-order valence-electron chi connectivity index (χ2n) is 7.05. The smallest absolute Gasteiger partial charge is 0.435 e. The van der Waals surface area contributed by atoms with E-state index in [9.17, 15) is 26.4 Å². The zero-order valence-corrected chi connectivity index (χ0v) is 18.0. The number of alkyl halides is 3. The Kier molecular flexibility index (Phi) is 7.07. The number of nitrogens with one attached hydrogen (secondary N) is 1. The number of unbranched alkanes of at least 4 members (excludes halogenated alkanes) is 1. The Bertz CT molecular complexity index is 1130. The molecule has 1 heterocycles. The van der Waals surface area contributed by atoms with Gasteiger partial charge in [0.25, 0.3) is 10.0 Å². The van der Waals surface area contributed by atoms with Crippen molar-refractivity contribution in [3.8, 4) is 11.3 Å². The van der Waals surface area contributed by atoms with Crippen LogP contribution in [0.5, 0.6) is 0 Å². The van der Waals surface area contributed by atoms with Crippen molar-refractivity contribution in [1.82, 2.24) is 14.5 Å². The predicted molar refractivity (Wildman–Crippen MR) is 112 cm³/mol. The van der Waals surface area contributed by atoms with Gasteiger partial charge < -0.3 is 4.74 Å². The Labute approximate surface area is 183 Å². The lowest BCUT2D eigenvalue weighted by atomic mass is 10.1. The van der Waals surface area contributed by atoms with Gasteiger partial charge in [-0.3, -0.25) is 0 Å². The standard InChI is InChI=1S/C21H22F3N3O4S/c1-2-3-13-31-20(28)26-32(29,30)17-11-9-15(10-12-17)18-14-19(21(22,23)24)25-27(18)16-7-5-4-6-8-16/h5,7-12,14H,2-4,6,13H2,1H3,(H,26,28). The van der Waals surface area contributed by atoms with Crippen molar-refractivity contribution in [3.63, 3.8) is 0 Å². The summed E-state index contributed by atoms with van der Waals surface area (Å²) in [5.74, 6) is 0. The number of amides is 1. The van der Waals surface area contributed by atoms with Crippen molar-refractivity contribution < 1.29 is 31.1 Å². The van der Waals surface area contributed by atoms with Crippen LogP contribution in [-0.2, 0) is 20.9 Å². The molecule has 1 aliphatic carbocycles. The van der Waals surface area contributed by atoms with Crippen molar-refractivity contribution in [3.05, 3.63) is 54.3 Å². The zero-order valence-electron chi connectivity index (χ0n) is 17.2.